The summed E-state index contributed by atoms with van der Waals surface area (Å²) in [5, 5.41) is 5.79. The number of carbonyl (C=O) groups excluding carboxylic acids is 1. The van der Waals surface area contributed by atoms with Crippen LogP contribution in [-0.2, 0) is 6.42 Å². The highest BCUT2D eigenvalue weighted by Crippen LogP contribution is 2.19. The number of benzene rings is 1. The topological polar surface area (TPSA) is 68.0 Å². The van der Waals surface area contributed by atoms with Gasteiger partial charge in [0, 0.05) is 11.8 Å². The molecule has 0 aliphatic carbocycles. The molecule has 0 aliphatic rings. The Kier molecular flexibility index (Phi) is 8.09. The average molecular weight is 340 g/mol. The van der Waals surface area contributed by atoms with Crippen LogP contribution in [0, 0.1) is 0 Å². The molecule has 0 bridgehead atoms. The van der Waals surface area contributed by atoms with E-state index in [4.69, 9.17) is 5.73 Å². The first-order chi connectivity index (χ1) is 10.2. The van der Waals surface area contributed by atoms with Crippen LogP contribution in [0.25, 0.3) is 0 Å². The predicted octanol–water partition coefficient (Wildman–Crippen LogP) is 3.34. The van der Waals surface area contributed by atoms with Crippen molar-refractivity contribution in [2.75, 3.05) is 6.54 Å². The molecule has 4 nitrogen and oxygen atoms in total. The van der Waals surface area contributed by atoms with Crippen molar-refractivity contribution in [3.05, 3.63) is 52.0 Å². The Hall–Kier alpha value is -1.43. The maximum absolute atomic E-state index is 12.3. The van der Waals surface area contributed by atoms with Crippen LogP contribution < -0.4 is 11.1 Å². The van der Waals surface area contributed by atoms with E-state index in [1.165, 1.54) is 11.3 Å². The lowest BCUT2D eigenvalue weighted by molar-refractivity contribution is 0.0930. The van der Waals surface area contributed by atoms with Crippen LogP contribution in [0.15, 0.2) is 35.7 Å². The fraction of sp³-hybridized carbons (Fsp3) is 0.375. The van der Waals surface area contributed by atoms with Gasteiger partial charge in [-0.2, -0.15) is 0 Å². The van der Waals surface area contributed by atoms with Gasteiger partial charge in [-0.1, -0.05) is 43.7 Å². The van der Waals surface area contributed by atoms with E-state index in [0.717, 1.165) is 29.8 Å². The highest BCUT2D eigenvalue weighted by molar-refractivity contribution is 7.09. The van der Waals surface area contributed by atoms with Crippen LogP contribution in [0.3, 0.4) is 0 Å². The largest absolute Gasteiger partial charge is 0.344 e. The van der Waals surface area contributed by atoms with E-state index in [-0.39, 0.29) is 24.4 Å². The summed E-state index contributed by atoms with van der Waals surface area (Å²) < 4.78 is 0. The van der Waals surface area contributed by atoms with Crippen LogP contribution in [0.1, 0.15) is 46.9 Å². The predicted molar refractivity (Wildman–Crippen MR) is 93.7 cm³/mol. The monoisotopic (exact) mass is 339 g/mol. The number of rotatable bonds is 7. The molecule has 0 aliphatic heterocycles. The second-order valence-electron chi connectivity index (χ2n) is 4.89. The Labute approximate surface area is 141 Å². The summed E-state index contributed by atoms with van der Waals surface area (Å²) in [6.45, 7) is 2.67. The molecule has 1 atom stereocenters. The highest BCUT2D eigenvalue weighted by Gasteiger charge is 2.17. The molecule has 0 saturated heterocycles. The van der Waals surface area contributed by atoms with Gasteiger partial charge in [0.15, 0.2) is 0 Å². The van der Waals surface area contributed by atoms with Crippen molar-refractivity contribution in [3.8, 4) is 0 Å². The normalized spacial score (nSPS) is 11.5. The first-order valence-electron chi connectivity index (χ1n) is 7.25. The fourth-order valence-electron chi connectivity index (χ4n) is 2.18. The minimum Gasteiger partial charge on any atom is -0.344 e. The third kappa shape index (κ3) is 5.09. The van der Waals surface area contributed by atoms with Crippen molar-refractivity contribution < 1.29 is 4.79 Å². The van der Waals surface area contributed by atoms with E-state index >= 15 is 0 Å². The van der Waals surface area contributed by atoms with Crippen molar-refractivity contribution in [1.29, 1.82) is 0 Å². The number of hydrogen-bond acceptors (Lipinski definition) is 4. The maximum Gasteiger partial charge on any atom is 0.271 e. The lowest BCUT2D eigenvalue weighted by Gasteiger charge is -2.18. The minimum atomic E-state index is -0.114. The number of thiazole rings is 1. The third-order valence-corrected chi connectivity index (χ3v) is 4.14. The number of aromatic nitrogens is 1. The zero-order valence-electron chi connectivity index (χ0n) is 12.6. The minimum absolute atomic E-state index is 0. The van der Waals surface area contributed by atoms with Crippen LogP contribution in [0.4, 0.5) is 0 Å². The first kappa shape index (κ1) is 18.6. The molecule has 1 heterocycles. The molecule has 0 fully saturated rings. The molecule has 22 heavy (non-hydrogen) atoms. The first-order valence-corrected chi connectivity index (χ1v) is 8.12. The van der Waals surface area contributed by atoms with Gasteiger partial charge in [0.2, 0.25) is 0 Å². The van der Waals surface area contributed by atoms with E-state index in [1.54, 1.807) is 5.38 Å². The molecule has 0 saturated carbocycles. The number of carbonyl (C=O) groups is 1. The van der Waals surface area contributed by atoms with Gasteiger partial charge in [0.1, 0.15) is 5.69 Å². The van der Waals surface area contributed by atoms with Gasteiger partial charge in [-0.15, -0.1) is 23.7 Å². The summed E-state index contributed by atoms with van der Waals surface area (Å²) >= 11 is 1.49. The highest BCUT2D eigenvalue weighted by atomic mass is 35.5. The third-order valence-electron chi connectivity index (χ3n) is 3.23. The van der Waals surface area contributed by atoms with E-state index in [1.807, 2.05) is 30.3 Å². The zero-order chi connectivity index (χ0) is 15.1. The number of hydrogen-bond donors (Lipinski definition) is 2. The van der Waals surface area contributed by atoms with Gasteiger partial charge in [-0.3, -0.25) is 4.79 Å². The summed E-state index contributed by atoms with van der Waals surface area (Å²) in [6.07, 6.45) is 2.64. The van der Waals surface area contributed by atoms with Crippen LogP contribution in [0.2, 0.25) is 0 Å². The SMILES string of the molecule is CCCC(NC(=O)c1csc(CCN)n1)c1ccccc1.Cl. The van der Waals surface area contributed by atoms with Crippen molar-refractivity contribution in [1.82, 2.24) is 10.3 Å². The Morgan fingerprint density at radius 1 is 1.36 bits per heavy atom. The van der Waals surface area contributed by atoms with Crippen LogP contribution in [0.5, 0.6) is 0 Å². The average Bonchev–Trinajstić information content (AvgIpc) is 2.97. The smallest absolute Gasteiger partial charge is 0.271 e. The Morgan fingerprint density at radius 2 is 2.09 bits per heavy atom. The molecular weight excluding hydrogens is 318 g/mol. The Balaban J connectivity index is 0.00000242. The standard InChI is InChI=1S/C16H21N3OS.ClH/c1-2-6-13(12-7-4-3-5-8-12)19-16(20)14-11-21-15(18-14)9-10-17;/h3-5,7-8,11,13H,2,6,9-10,17H2,1H3,(H,19,20);1H. The van der Waals surface area contributed by atoms with Gasteiger partial charge >= 0.3 is 0 Å². The molecule has 0 spiro atoms. The van der Waals surface area contributed by atoms with E-state index in [9.17, 15) is 4.79 Å². The molecule has 3 N–H and O–H groups in total. The number of nitrogens with one attached hydrogen (secondary N) is 1. The molecule has 1 aromatic carbocycles. The Bertz CT molecular complexity index is 574. The van der Waals surface area contributed by atoms with Gasteiger partial charge in [0.25, 0.3) is 5.91 Å². The summed E-state index contributed by atoms with van der Waals surface area (Å²) in [5.41, 5.74) is 7.12. The van der Waals surface area contributed by atoms with Crippen molar-refractivity contribution >= 4 is 29.7 Å². The number of nitrogens with two attached hydrogens (primary N) is 1. The van der Waals surface area contributed by atoms with Crippen LogP contribution >= 0.6 is 23.7 Å². The summed E-state index contributed by atoms with van der Waals surface area (Å²) in [4.78, 5) is 16.7. The van der Waals surface area contributed by atoms with E-state index in [0.29, 0.717) is 12.2 Å². The second-order valence-corrected chi connectivity index (χ2v) is 5.83. The van der Waals surface area contributed by atoms with Gasteiger partial charge in [-0.05, 0) is 18.5 Å². The van der Waals surface area contributed by atoms with E-state index < -0.39 is 0 Å². The molecule has 120 valence electrons. The second kappa shape index (κ2) is 9.56. The van der Waals surface area contributed by atoms with Crippen molar-refractivity contribution in [2.45, 2.75) is 32.2 Å². The van der Waals surface area contributed by atoms with E-state index in [2.05, 4.69) is 17.2 Å². The molecule has 2 rings (SSSR count). The molecule has 2 aromatic rings. The molecule has 1 aromatic heterocycles. The number of nitrogens with zero attached hydrogens (tertiary/aromatic N) is 1. The molecule has 0 radical (unpaired) electrons. The maximum atomic E-state index is 12.3. The lowest BCUT2D eigenvalue weighted by Crippen LogP contribution is -2.28. The fourth-order valence-corrected chi connectivity index (χ4v) is 2.98. The van der Waals surface area contributed by atoms with Crippen molar-refractivity contribution in [3.63, 3.8) is 0 Å². The van der Waals surface area contributed by atoms with Gasteiger partial charge in [-0.25, -0.2) is 4.98 Å². The molecule has 1 unspecified atom stereocenters. The quantitative estimate of drug-likeness (QED) is 0.813. The molecule has 6 heteroatoms. The zero-order valence-corrected chi connectivity index (χ0v) is 14.3. The summed E-state index contributed by atoms with van der Waals surface area (Å²) in [7, 11) is 0. The van der Waals surface area contributed by atoms with Gasteiger partial charge in [0.05, 0.1) is 11.0 Å². The number of amides is 1. The van der Waals surface area contributed by atoms with Gasteiger partial charge < -0.3 is 11.1 Å². The summed E-state index contributed by atoms with van der Waals surface area (Å²) in [6, 6.07) is 10.1. The lowest BCUT2D eigenvalue weighted by atomic mass is 10.0. The molecular formula is C16H22ClN3OS. The Morgan fingerprint density at radius 3 is 2.73 bits per heavy atom. The number of halogens is 1. The molecule has 1 amide bonds. The van der Waals surface area contributed by atoms with Crippen molar-refractivity contribution in [2.24, 2.45) is 5.73 Å². The summed E-state index contributed by atoms with van der Waals surface area (Å²) in [5.74, 6) is -0.114. The van der Waals surface area contributed by atoms with Crippen LogP contribution in [-0.4, -0.2) is 17.4 Å².